The number of nitrogens with one attached hydrogen (secondary N) is 1. The number of amides is 2. The lowest BCUT2D eigenvalue weighted by atomic mass is 9.93. The quantitative estimate of drug-likeness (QED) is 0.532. The van der Waals surface area contributed by atoms with Crippen LogP contribution in [0.3, 0.4) is 0 Å². The predicted octanol–water partition coefficient (Wildman–Crippen LogP) is 3.97. The van der Waals surface area contributed by atoms with Gasteiger partial charge in [-0.05, 0) is 54.2 Å². The molecular formula is C26H30N2O5S. The topological polar surface area (TPSA) is 95.9 Å². The highest BCUT2D eigenvalue weighted by atomic mass is 32.2. The predicted molar refractivity (Wildman–Crippen MR) is 132 cm³/mol. The molecule has 2 aromatic carbocycles. The zero-order valence-corrected chi connectivity index (χ0v) is 20.3. The van der Waals surface area contributed by atoms with Crippen molar-refractivity contribution in [3.05, 3.63) is 59.7 Å². The van der Waals surface area contributed by atoms with Crippen molar-refractivity contribution in [2.24, 2.45) is 5.92 Å². The van der Waals surface area contributed by atoms with E-state index in [2.05, 4.69) is 29.6 Å². The Bertz CT molecular complexity index is 1040. The number of fused-ring (bicyclic) bond motifs is 3. The normalized spacial score (nSPS) is 16.2. The van der Waals surface area contributed by atoms with Crippen LogP contribution < -0.4 is 5.32 Å². The Labute approximate surface area is 203 Å². The number of carbonyl (C=O) groups excluding carboxylic acids is 2. The molecule has 0 radical (unpaired) electrons. The maximum absolute atomic E-state index is 13.4. The van der Waals surface area contributed by atoms with Crippen LogP contribution in [0.1, 0.15) is 36.8 Å². The minimum Gasteiger partial charge on any atom is -0.480 e. The van der Waals surface area contributed by atoms with Crippen molar-refractivity contribution in [3.8, 4) is 11.1 Å². The van der Waals surface area contributed by atoms with E-state index in [9.17, 15) is 19.5 Å². The molecule has 2 N–H and O–H groups in total. The molecule has 1 unspecified atom stereocenters. The molecule has 2 aliphatic rings. The molecule has 0 aromatic heterocycles. The van der Waals surface area contributed by atoms with E-state index in [1.807, 2.05) is 30.5 Å². The Morgan fingerprint density at radius 1 is 1.09 bits per heavy atom. The number of hydrogen-bond acceptors (Lipinski definition) is 5. The van der Waals surface area contributed by atoms with Gasteiger partial charge in [0, 0.05) is 18.2 Å². The lowest BCUT2D eigenvalue weighted by molar-refractivity contribution is -0.147. The molecule has 0 aliphatic heterocycles. The van der Waals surface area contributed by atoms with Gasteiger partial charge in [-0.25, -0.2) is 4.79 Å². The minimum absolute atomic E-state index is 0.0361. The van der Waals surface area contributed by atoms with E-state index in [-0.39, 0.29) is 24.3 Å². The average molecular weight is 483 g/mol. The number of thioether (sulfide) groups is 1. The summed E-state index contributed by atoms with van der Waals surface area (Å²) < 4.78 is 5.66. The van der Waals surface area contributed by atoms with Crippen LogP contribution in [0, 0.1) is 5.92 Å². The van der Waals surface area contributed by atoms with Crippen LogP contribution in [0.25, 0.3) is 11.1 Å². The SMILES string of the molecule is CSCCN(CC(=O)O)C(=O)C(C)(NC(=O)OCC1c2ccccc2-c2ccccc21)C1CC1. The lowest BCUT2D eigenvalue weighted by Crippen LogP contribution is -2.60. The van der Waals surface area contributed by atoms with Gasteiger partial charge in [-0.15, -0.1) is 0 Å². The first-order valence-electron chi connectivity index (χ1n) is 11.5. The smallest absolute Gasteiger partial charge is 0.408 e. The first-order chi connectivity index (χ1) is 16.3. The van der Waals surface area contributed by atoms with Gasteiger partial charge < -0.3 is 20.1 Å². The van der Waals surface area contributed by atoms with E-state index in [0.29, 0.717) is 12.3 Å². The van der Waals surface area contributed by atoms with Crippen molar-refractivity contribution in [1.29, 1.82) is 0 Å². The molecule has 2 amide bonds. The maximum atomic E-state index is 13.4. The summed E-state index contributed by atoms with van der Waals surface area (Å²) in [6.45, 7) is 1.75. The van der Waals surface area contributed by atoms with Gasteiger partial charge in [0.2, 0.25) is 5.91 Å². The molecule has 2 aromatic rings. The highest BCUT2D eigenvalue weighted by Gasteiger charge is 2.50. The Balaban J connectivity index is 1.47. The number of carboxylic acid groups (broad SMARTS) is 1. The third-order valence-corrected chi connectivity index (χ3v) is 7.31. The molecular weight excluding hydrogens is 452 g/mol. The van der Waals surface area contributed by atoms with Crippen LogP contribution in [0.5, 0.6) is 0 Å². The van der Waals surface area contributed by atoms with Gasteiger partial charge in [-0.3, -0.25) is 9.59 Å². The molecule has 0 heterocycles. The zero-order chi connectivity index (χ0) is 24.3. The monoisotopic (exact) mass is 482 g/mol. The Kier molecular flexibility index (Phi) is 7.16. The van der Waals surface area contributed by atoms with Crippen molar-refractivity contribution in [1.82, 2.24) is 10.2 Å². The number of alkyl carbamates (subject to hydrolysis) is 1. The summed E-state index contributed by atoms with van der Waals surface area (Å²) in [5.74, 6) is -0.948. The van der Waals surface area contributed by atoms with Crippen LogP contribution in [-0.2, 0) is 14.3 Å². The van der Waals surface area contributed by atoms with Crippen molar-refractivity contribution in [2.45, 2.75) is 31.2 Å². The second kappa shape index (κ2) is 10.1. The Morgan fingerprint density at radius 2 is 1.68 bits per heavy atom. The van der Waals surface area contributed by atoms with Gasteiger partial charge in [-0.1, -0.05) is 48.5 Å². The molecule has 2 aliphatic carbocycles. The molecule has 0 spiro atoms. The van der Waals surface area contributed by atoms with Crippen LogP contribution in [-0.4, -0.2) is 65.2 Å². The average Bonchev–Trinajstić information content (AvgIpc) is 3.63. The van der Waals surface area contributed by atoms with Gasteiger partial charge in [0.15, 0.2) is 0 Å². The second-order valence-electron chi connectivity index (χ2n) is 9.04. The van der Waals surface area contributed by atoms with E-state index in [1.54, 1.807) is 6.92 Å². The molecule has 1 saturated carbocycles. The number of nitrogens with zero attached hydrogens (tertiary/aromatic N) is 1. The fourth-order valence-corrected chi connectivity index (χ4v) is 5.19. The standard InChI is InChI=1S/C26H30N2O5S/c1-26(17-11-12-17,24(31)28(13-14-34-2)15-23(29)30)27-25(32)33-16-22-20-9-5-3-7-18(20)19-8-4-6-10-21(19)22/h3-10,17,22H,11-16H2,1-2H3,(H,27,32)(H,29,30). The first kappa shape index (κ1) is 24.1. The third-order valence-electron chi connectivity index (χ3n) is 6.72. The van der Waals surface area contributed by atoms with Crippen molar-refractivity contribution in [2.75, 3.05) is 31.7 Å². The summed E-state index contributed by atoms with van der Waals surface area (Å²) >= 11 is 1.54. The van der Waals surface area contributed by atoms with E-state index in [0.717, 1.165) is 35.1 Å². The van der Waals surface area contributed by atoms with Crippen LogP contribution >= 0.6 is 11.8 Å². The summed E-state index contributed by atoms with van der Waals surface area (Å²) in [4.78, 5) is 39.0. The van der Waals surface area contributed by atoms with E-state index in [1.165, 1.54) is 16.7 Å². The number of hydrogen-bond donors (Lipinski definition) is 2. The number of carbonyl (C=O) groups is 3. The summed E-state index contributed by atoms with van der Waals surface area (Å²) in [5.41, 5.74) is 3.31. The minimum atomic E-state index is -1.20. The maximum Gasteiger partial charge on any atom is 0.408 e. The molecule has 4 rings (SSSR count). The van der Waals surface area contributed by atoms with Crippen molar-refractivity contribution < 1.29 is 24.2 Å². The van der Waals surface area contributed by atoms with E-state index >= 15 is 0 Å². The van der Waals surface area contributed by atoms with Crippen LogP contribution in [0.15, 0.2) is 48.5 Å². The largest absolute Gasteiger partial charge is 0.480 e. The number of carboxylic acids is 1. The van der Waals surface area contributed by atoms with Gasteiger partial charge >= 0.3 is 12.1 Å². The second-order valence-corrected chi connectivity index (χ2v) is 10.0. The van der Waals surface area contributed by atoms with Gasteiger partial charge in [0.05, 0.1) is 0 Å². The third kappa shape index (κ3) is 4.92. The number of benzene rings is 2. The summed E-state index contributed by atoms with van der Waals surface area (Å²) in [6.07, 6.45) is 2.84. The fraction of sp³-hybridized carbons (Fsp3) is 0.423. The summed E-state index contributed by atoms with van der Waals surface area (Å²) in [5, 5.41) is 12.1. The Morgan fingerprint density at radius 3 is 2.21 bits per heavy atom. The molecule has 34 heavy (non-hydrogen) atoms. The first-order valence-corrected chi connectivity index (χ1v) is 12.9. The molecule has 1 fully saturated rings. The fourth-order valence-electron chi connectivity index (χ4n) is 4.78. The molecule has 0 bridgehead atoms. The van der Waals surface area contributed by atoms with E-state index < -0.39 is 24.1 Å². The van der Waals surface area contributed by atoms with Crippen molar-refractivity contribution >= 4 is 29.7 Å². The number of rotatable bonds is 10. The number of aliphatic carboxylic acids is 1. The van der Waals surface area contributed by atoms with Gasteiger partial charge in [0.25, 0.3) is 0 Å². The summed E-state index contributed by atoms with van der Waals surface area (Å²) in [7, 11) is 0. The summed E-state index contributed by atoms with van der Waals surface area (Å²) in [6, 6.07) is 16.2. The highest BCUT2D eigenvalue weighted by Crippen LogP contribution is 2.45. The van der Waals surface area contributed by atoms with Crippen LogP contribution in [0.4, 0.5) is 4.79 Å². The van der Waals surface area contributed by atoms with Crippen LogP contribution in [0.2, 0.25) is 0 Å². The molecule has 180 valence electrons. The zero-order valence-electron chi connectivity index (χ0n) is 19.5. The molecule has 8 heteroatoms. The molecule has 1 atom stereocenters. The van der Waals surface area contributed by atoms with E-state index in [4.69, 9.17) is 4.74 Å². The van der Waals surface area contributed by atoms with Crippen molar-refractivity contribution in [3.63, 3.8) is 0 Å². The lowest BCUT2D eigenvalue weighted by Gasteiger charge is -2.34. The Hall–Kier alpha value is -3.00. The highest BCUT2D eigenvalue weighted by molar-refractivity contribution is 7.98. The molecule has 0 saturated heterocycles. The number of ether oxygens (including phenoxy) is 1. The van der Waals surface area contributed by atoms with Gasteiger partial charge in [0.1, 0.15) is 18.7 Å². The van der Waals surface area contributed by atoms with Gasteiger partial charge in [-0.2, -0.15) is 11.8 Å². The molecule has 7 nitrogen and oxygen atoms in total.